The van der Waals surface area contributed by atoms with Gasteiger partial charge in [-0.1, -0.05) is 36.4 Å². The van der Waals surface area contributed by atoms with Gasteiger partial charge in [0.15, 0.2) is 11.4 Å². The van der Waals surface area contributed by atoms with E-state index in [0.717, 1.165) is 0 Å². The molecule has 1 aliphatic rings. The molecule has 0 saturated carbocycles. The second kappa shape index (κ2) is 7.73. The minimum Gasteiger partial charge on any atom is -0.334 e. The van der Waals surface area contributed by atoms with Gasteiger partial charge < -0.3 is 9.80 Å². The highest BCUT2D eigenvalue weighted by molar-refractivity contribution is 6.06. The van der Waals surface area contributed by atoms with Crippen LogP contribution in [-0.2, 0) is 0 Å². The van der Waals surface area contributed by atoms with Crippen LogP contribution in [0.4, 0.5) is 0 Å². The fourth-order valence-corrected chi connectivity index (χ4v) is 3.97. The summed E-state index contributed by atoms with van der Waals surface area (Å²) in [5.74, 6) is -0.616. The van der Waals surface area contributed by atoms with Crippen LogP contribution in [-0.4, -0.2) is 68.2 Å². The second-order valence-electron chi connectivity index (χ2n) is 7.48. The minimum absolute atomic E-state index is 0.174. The molecular weight excluding hydrogens is 412 g/mol. The lowest BCUT2D eigenvalue weighted by Gasteiger charge is -2.34. The third-order valence-corrected chi connectivity index (χ3v) is 5.65. The summed E-state index contributed by atoms with van der Waals surface area (Å²) in [4.78, 5) is 53.3. The average molecular weight is 430 g/mol. The molecule has 1 fully saturated rings. The molecule has 160 valence electrons. The van der Waals surface area contributed by atoms with Crippen LogP contribution in [0.2, 0.25) is 0 Å². The fourth-order valence-electron chi connectivity index (χ4n) is 3.97. The van der Waals surface area contributed by atoms with Crippen molar-refractivity contribution in [2.45, 2.75) is 0 Å². The van der Waals surface area contributed by atoms with E-state index in [1.807, 2.05) is 0 Å². The molecule has 2 N–H and O–H groups in total. The monoisotopic (exact) mass is 430 g/mol. The van der Waals surface area contributed by atoms with Gasteiger partial charge in [0.1, 0.15) is 0 Å². The van der Waals surface area contributed by atoms with E-state index >= 15 is 0 Å². The van der Waals surface area contributed by atoms with Gasteiger partial charge in [0.05, 0.1) is 10.8 Å². The first-order valence-electron chi connectivity index (χ1n) is 10.1. The Kier molecular flexibility index (Phi) is 4.74. The number of fused-ring (bicyclic) bond motifs is 2. The molecule has 0 atom stereocenters. The van der Waals surface area contributed by atoms with Gasteiger partial charge in [-0.15, -0.1) is 0 Å². The van der Waals surface area contributed by atoms with Gasteiger partial charge >= 0.3 is 0 Å². The maximum absolute atomic E-state index is 13.1. The summed E-state index contributed by atoms with van der Waals surface area (Å²) in [6.07, 6.45) is 0. The third kappa shape index (κ3) is 3.22. The molecule has 32 heavy (non-hydrogen) atoms. The maximum Gasteiger partial charge on any atom is 0.275 e. The zero-order chi connectivity index (χ0) is 22.2. The van der Waals surface area contributed by atoms with Gasteiger partial charge in [-0.25, -0.2) is 10.2 Å². The number of hydrogen-bond acceptors (Lipinski definition) is 6. The number of carbonyl (C=O) groups is 2. The zero-order valence-corrected chi connectivity index (χ0v) is 16.9. The summed E-state index contributed by atoms with van der Waals surface area (Å²) in [5, 5.41) is 14.5. The number of nitrogens with one attached hydrogen (secondary N) is 2. The Morgan fingerprint density at radius 1 is 0.625 bits per heavy atom. The maximum atomic E-state index is 13.1. The zero-order valence-electron chi connectivity index (χ0n) is 16.9. The number of nitrogens with zero attached hydrogens (tertiary/aromatic N) is 4. The van der Waals surface area contributed by atoms with Crippen molar-refractivity contribution in [3.8, 4) is 0 Å². The van der Waals surface area contributed by atoms with E-state index in [4.69, 9.17) is 0 Å². The number of aromatic amines is 2. The molecule has 2 amide bonds. The van der Waals surface area contributed by atoms with E-state index in [2.05, 4.69) is 20.4 Å². The van der Waals surface area contributed by atoms with Crippen LogP contribution in [0.5, 0.6) is 0 Å². The van der Waals surface area contributed by atoms with E-state index in [0.29, 0.717) is 47.7 Å². The first-order valence-corrected chi connectivity index (χ1v) is 10.1. The second-order valence-corrected chi connectivity index (χ2v) is 7.48. The van der Waals surface area contributed by atoms with Gasteiger partial charge in [-0.3, -0.25) is 19.2 Å². The van der Waals surface area contributed by atoms with Crippen LogP contribution in [0.1, 0.15) is 21.0 Å². The van der Waals surface area contributed by atoms with E-state index in [1.54, 1.807) is 58.3 Å². The van der Waals surface area contributed by atoms with Crippen LogP contribution >= 0.6 is 0 Å². The molecule has 0 radical (unpaired) electrons. The Morgan fingerprint density at radius 2 is 0.969 bits per heavy atom. The smallest absolute Gasteiger partial charge is 0.275 e. The third-order valence-electron chi connectivity index (χ3n) is 5.65. The lowest BCUT2D eigenvalue weighted by Crippen LogP contribution is -2.51. The SMILES string of the molecule is O=C(c1n[nH]c(=O)c2ccccc12)N1CCN(C(=O)c2n[nH]c(=O)c3ccccc23)CC1. The number of hydrogen-bond donors (Lipinski definition) is 2. The molecule has 10 heteroatoms. The first kappa shape index (κ1) is 19.6. The molecule has 3 heterocycles. The number of piperazine rings is 1. The fraction of sp³-hybridized carbons (Fsp3) is 0.182. The summed E-state index contributed by atoms with van der Waals surface area (Å²) in [6.45, 7) is 1.23. The van der Waals surface area contributed by atoms with Crippen molar-refractivity contribution < 1.29 is 9.59 Å². The summed E-state index contributed by atoms with van der Waals surface area (Å²) in [6, 6.07) is 13.6. The van der Waals surface area contributed by atoms with Crippen molar-refractivity contribution in [2.75, 3.05) is 26.2 Å². The van der Waals surface area contributed by atoms with Crippen molar-refractivity contribution in [3.63, 3.8) is 0 Å². The molecule has 0 aliphatic carbocycles. The van der Waals surface area contributed by atoms with Gasteiger partial charge in [0, 0.05) is 37.0 Å². The van der Waals surface area contributed by atoms with Gasteiger partial charge in [0.2, 0.25) is 0 Å². The predicted octanol–water partition coefficient (Wildman–Crippen LogP) is 0.758. The van der Waals surface area contributed by atoms with Crippen LogP contribution < -0.4 is 11.1 Å². The summed E-state index contributed by atoms with van der Waals surface area (Å²) < 4.78 is 0. The molecule has 2 aromatic carbocycles. The van der Waals surface area contributed by atoms with Crippen molar-refractivity contribution in [2.24, 2.45) is 0 Å². The standard InChI is InChI=1S/C22H18N6O4/c29-19-15-7-3-1-5-13(15)17(23-25-19)21(31)27-9-11-28(12-10-27)22(32)18-14-6-2-4-8-16(14)20(30)26-24-18/h1-8H,9-12H2,(H,25,29)(H,26,30). The highest BCUT2D eigenvalue weighted by atomic mass is 16.2. The van der Waals surface area contributed by atoms with Crippen molar-refractivity contribution in [1.82, 2.24) is 30.2 Å². The van der Waals surface area contributed by atoms with Gasteiger partial charge in [-0.05, 0) is 12.1 Å². The molecule has 0 spiro atoms. The van der Waals surface area contributed by atoms with Crippen LogP contribution in [0, 0.1) is 0 Å². The summed E-state index contributed by atoms with van der Waals surface area (Å²) >= 11 is 0. The Hall–Kier alpha value is -4.34. The number of aromatic nitrogens is 4. The predicted molar refractivity (Wildman–Crippen MR) is 117 cm³/mol. The number of benzene rings is 2. The Bertz CT molecular complexity index is 1370. The highest BCUT2D eigenvalue weighted by Gasteiger charge is 2.29. The van der Waals surface area contributed by atoms with Gasteiger partial charge in [0.25, 0.3) is 22.9 Å². The molecule has 2 aromatic heterocycles. The molecule has 10 nitrogen and oxygen atoms in total. The van der Waals surface area contributed by atoms with Crippen LogP contribution in [0.3, 0.4) is 0 Å². The summed E-state index contributed by atoms with van der Waals surface area (Å²) in [5.41, 5.74) is -0.358. The lowest BCUT2D eigenvalue weighted by atomic mass is 10.1. The van der Waals surface area contributed by atoms with Crippen LogP contribution in [0.25, 0.3) is 21.5 Å². The number of carbonyl (C=O) groups excluding carboxylic acids is 2. The molecular formula is C22H18N6O4. The van der Waals surface area contributed by atoms with Crippen molar-refractivity contribution in [3.05, 3.63) is 80.6 Å². The van der Waals surface area contributed by atoms with E-state index < -0.39 is 0 Å². The molecule has 1 aliphatic heterocycles. The number of rotatable bonds is 2. The largest absolute Gasteiger partial charge is 0.334 e. The van der Waals surface area contributed by atoms with E-state index in [9.17, 15) is 19.2 Å². The number of amides is 2. The Balaban J connectivity index is 1.36. The lowest BCUT2D eigenvalue weighted by molar-refractivity contribution is 0.0530. The highest BCUT2D eigenvalue weighted by Crippen LogP contribution is 2.18. The van der Waals surface area contributed by atoms with Crippen LogP contribution in [0.15, 0.2) is 58.1 Å². The normalized spacial score (nSPS) is 14.1. The topological polar surface area (TPSA) is 132 Å². The van der Waals surface area contributed by atoms with Crippen molar-refractivity contribution in [1.29, 1.82) is 0 Å². The first-order chi connectivity index (χ1) is 15.5. The molecule has 0 unspecified atom stereocenters. The van der Waals surface area contributed by atoms with E-state index in [1.165, 1.54) is 0 Å². The summed E-state index contributed by atoms with van der Waals surface area (Å²) in [7, 11) is 0. The average Bonchev–Trinajstić information content (AvgIpc) is 2.84. The molecule has 0 bridgehead atoms. The number of H-pyrrole nitrogens is 2. The quantitative estimate of drug-likeness (QED) is 0.483. The minimum atomic E-state index is -0.354. The van der Waals surface area contributed by atoms with E-state index in [-0.39, 0.29) is 34.3 Å². The Labute approximate surface area is 180 Å². The molecule has 4 aromatic rings. The molecule has 1 saturated heterocycles. The van der Waals surface area contributed by atoms with Gasteiger partial charge in [-0.2, -0.15) is 10.2 Å². The van der Waals surface area contributed by atoms with Crippen molar-refractivity contribution >= 4 is 33.4 Å². The Morgan fingerprint density at radius 3 is 1.34 bits per heavy atom. The molecule has 5 rings (SSSR count).